The number of carbonyl (C=O) groups is 1. The van der Waals surface area contributed by atoms with E-state index in [0.29, 0.717) is 12.4 Å². The molecule has 24 heavy (non-hydrogen) atoms. The number of aromatic nitrogens is 2. The largest absolute Gasteiger partial charge is 0.347 e. The number of halogens is 2. The van der Waals surface area contributed by atoms with Crippen molar-refractivity contribution in [1.82, 2.24) is 20.2 Å². The second kappa shape index (κ2) is 7.09. The fourth-order valence-electron chi connectivity index (χ4n) is 2.91. The van der Waals surface area contributed by atoms with Gasteiger partial charge in [0.1, 0.15) is 0 Å². The number of rotatable bonds is 4. The third kappa shape index (κ3) is 3.97. The maximum absolute atomic E-state index is 13.3. The molecule has 1 aliphatic heterocycles. The summed E-state index contributed by atoms with van der Waals surface area (Å²) in [4.78, 5) is 21.2. The van der Waals surface area contributed by atoms with Crippen molar-refractivity contribution < 1.29 is 13.6 Å². The summed E-state index contributed by atoms with van der Waals surface area (Å²) in [6, 6.07) is 4.10. The summed E-state index contributed by atoms with van der Waals surface area (Å²) >= 11 is 0. The predicted molar refractivity (Wildman–Crippen MR) is 85.4 cm³/mol. The molecule has 1 fully saturated rings. The summed E-state index contributed by atoms with van der Waals surface area (Å²) in [5.74, 6) is -1.50. The van der Waals surface area contributed by atoms with Crippen LogP contribution in [0.25, 0.3) is 0 Å². The van der Waals surface area contributed by atoms with E-state index < -0.39 is 11.6 Å². The zero-order valence-electron chi connectivity index (χ0n) is 13.5. The summed E-state index contributed by atoms with van der Waals surface area (Å²) in [6.45, 7) is 4.01. The molecule has 0 saturated carbocycles. The van der Waals surface area contributed by atoms with E-state index in [2.05, 4.69) is 20.2 Å². The summed E-state index contributed by atoms with van der Waals surface area (Å²) < 4.78 is 26.2. The SMILES string of the molecule is Cc1cnc(C(=O)NC2CCN(Cc3ccc(F)c(F)c3)CC2)[nH]1. The van der Waals surface area contributed by atoms with Crippen LogP contribution in [-0.2, 0) is 6.54 Å². The summed E-state index contributed by atoms with van der Waals surface area (Å²) in [5, 5.41) is 2.98. The van der Waals surface area contributed by atoms with Crippen LogP contribution < -0.4 is 5.32 Å². The maximum Gasteiger partial charge on any atom is 0.287 e. The Balaban J connectivity index is 1.48. The molecule has 0 bridgehead atoms. The monoisotopic (exact) mass is 334 g/mol. The van der Waals surface area contributed by atoms with Gasteiger partial charge >= 0.3 is 0 Å². The van der Waals surface area contributed by atoms with Crippen LogP contribution in [0.2, 0.25) is 0 Å². The number of carbonyl (C=O) groups excluding carboxylic acids is 1. The highest BCUT2D eigenvalue weighted by Gasteiger charge is 2.22. The summed E-state index contributed by atoms with van der Waals surface area (Å²) in [7, 11) is 0. The van der Waals surface area contributed by atoms with Crippen LogP contribution in [0.15, 0.2) is 24.4 Å². The first kappa shape index (κ1) is 16.6. The Morgan fingerprint density at radius 1 is 1.33 bits per heavy atom. The maximum atomic E-state index is 13.3. The van der Waals surface area contributed by atoms with E-state index in [9.17, 15) is 13.6 Å². The first-order valence-corrected chi connectivity index (χ1v) is 8.00. The van der Waals surface area contributed by atoms with Gasteiger partial charge in [-0.2, -0.15) is 0 Å². The van der Waals surface area contributed by atoms with Crippen LogP contribution in [0.5, 0.6) is 0 Å². The van der Waals surface area contributed by atoms with Crippen molar-refractivity contribution in [1.29, 1.82) is 0 Å². The Bertz CT molecular complexity index is 723. The van der Waals surface area contributed by atoms with Gasteiger partial charge in [-0.25, -0.2) is 13.8 Å². The van der Waals surface area contributed by atoms with Gasteiger partial charge in [-0.3, -0.25) is 9.69 Å². The van der Waals surface area contributed by atoms with Crippen LogP contribution in [-0.4, -0.2) is 39.9 Å². The van der Waals surface area contributed by atoms with Crippen LogP contribution in [0, 0.1) is 18.6 Å². The first-order chi connectivity index (χ1) is 11.5. The third-order valence-corrected chi connectivity index (χ3v) is 4.23. The van der Waals surface area contributed by atoms with E-state index in [1.165, 1.54) is 6.07 Å². The molecule has 1 aromatic carbocycles. The molecule has 3 rings (SSSR count). The second-order valence-corrected chi connectivity index (χ2v) is 6.19. The molecule has 1 aliphatic rings. The number of nitrogens with one attached hydrogen (secondary N) is 2. The quantitative estimate of drug-likeness (QED) is 0.902. The van der Waals surface area contributed by atoms with Gasteiger partial charge in [0.2, 0.25) is 0 Å². The number of H-pyrrole nitrogens is 1. The van der Waals surface area contributed by atoms with Crippen molar-refractivity contribution >= 4 is 5.91 Å². The summed E-state index contributed by atoms with van der Waals surface area (Å²) in [6.07, 6.45) is 3.25. The molecule has 1 saturated heterocycles. The molecule has 0 spiro atoms. The topological polar surface area (TPSA) is 61.0 Å². The Kier molecular flexibility index (Phi) is 4.89. The fraction of sp³-hybridized carbons (Fsp3) is 0.412. The molecule has 2 N–H and O–H groups in total. The molecule has 0 unspecified atom stereocenters. The highest BCUT2D eigenvalue weighted by molar-refractivity contribution is 5.90. The van der Waals surface area contributed by atoms with Crippen molar-refractivity contribution in [2.45, 2.75) is 32.4 Å². The minimum atomic E-state index is -0.826. The van der Waals surface area contributed by atoms with E-state index in [1.807, 2.05) is 6.92 Å². The Morgan fingerprint density at radius 2 is 2.08 bits per heavy atom. The number of piperidine rings is 1. The van der Waals surface area contributed by atoms with Gasteiger partial charge in [-0.05, 0) is 37.5 Å². The van der Waals surface area contributed by atoms with E-state index in [1.54, 1.807) is 12.3 Å². The van der Waals surface area contributed by atoms with Gasteiger partial charge < -0.3 is 10.3 Å². The Hall–Kier alpha value is -2.28. The molecule has 7 heteroatoms. The van der Waals surface area contributed by atoms with Crippen LogP contribution in [0.3, 0.4) is 0 Å². The lowest BCUT2D eigenvalue weighted by molar-refractivity contribution is 0.0899. The number of aromatic amines is 1. The molecule has 128 valence electrons. The number of amides is 1. The van der Waals surface area contributed by atoms with Crippen molar-refractivity contribution in [3.05, 3.63) is 53.1 Å². The zero-order valence-corrected chi connectivity index (χ0v) is 13.5. The standard InChI is InChI=1S/C17H20F2N4O/c1-11-9-20-16(21-11)17(24)22-13-4-6-23(7-5-13)10-12-2-3-14(18)15(19)8-12/h2-3,8-9,13H,4-7,10H2,1H3,(H,20,21)(H,22,24). The van der Waals surface area contributed by atoms with Crippen molar-refractivity contribution in [2.75, 3.05) is 13.1 Å². The number of benzene rings is 1. The van der Waals surface area contributed by atoms with Crippen LogP contribution >= 0.6 is 0 Å². The number of aryl methyl sites for hydroxylation is 1. The van der Waals surface area contributed by atoms with Crippen molar-refractivity contribution in [3.63, 3.8) is 0 Å². The van der Waals surface area contributed by atoms with Crippen LogP contribution in [0.1, 0.15) is 34.7 Å². The number of imidazole rings is 1. The van der Waals surface area contributed by atoms with Gasteiger partial charge in [0.05, 0.1) is 0 Å². The highest BCUT2D eigenvalue weighted by Crippen LogP contribution is 2.16. The molecule has 2 aromatic rings. The van der Waals surface area contributed by atoms with Gasteiger partial charge in [0.15, 0.2) is 17.5 Å². The first-order valence-electron chi connectivity index (χ1n) is 8.00. The molecule has 5 nitrogen and oxygen atoms in total. The van der Waals surface area contributed by atoms with Gasteiger partial charge in [0, 0.05) is 37.6 Å². The Labute approximate surface area is 139 Å². The lowest BCUT2D eigenvalue weighted by Crippen LogP contribution is -2.44. The van der Waals surface area contributed by atoms with E-state index in [-0.39, 0.29) is 11.9 Å². The second-order valence-electron chi connectivity index (χ2n) is 6.19. The minimum Gasteiger partial charge on any atom is -0.347 e. The number of nitrogens with zero attached hydrogens (tertiary/aromatic N) is 2. The zero-order chi connectivity index (χ0) is 17.1. The average Bonchev–Trinajstić information content (AvgIpc) is 2.99. The Morgan fingerprint density at radius 3 is 2.71 bits per heavy atom. The summed E-state index contributed by atoms with van der Waals surface area (Å²) in [5.41, 5.74) is 1.60. The molecule has 2 heterocycles. The normalized spacial score (nSPS) is 16.3. The molecule has 0 atom stereocenters. The average molecular weight is 334 g/mol. The molecular weight excluding hydrogens is 314 g/mol. The lowest BCUT2D eigenvalue weighted by Gasteiger charge is -2.32. The number of hydrogen-bond acceptors (Lipinski definition) is 3. The van der Waals surface area contributed by atoms with Crippen molar-refractivity contribution in [3.8, 4) is 0 Å². The molecular formula is C17H20F2N4O. The number of hydrogen-bond donors (Lipinski definition) is 2. The van der Waals surface area contributed by atoms with E-state index in [4.69, 9.17) is 0 Å². The van der Waals surface area contributed by atoms with Crippen LogP contribution in [0.4, 0.5) is 8.78 Å². The smallest absolute Gasteiger partial charge is 0.287 e. The third-order valence-electron chi connectivity index (χ3n) is 4.23. The van der Waals surface area contributed by atoms with Crippen molar-refractivity contribution in [2.24, 2.45) is 0 Å². The fourth-order valence-corrected chi connectivity index (χ4v) is 2.91. The molecule has 1 amide bonds. The molecule has 0 radical (unpaired) electrons. The molecule has 0 aliphatic carbocycles. The minimum absolute atomic E-state index is 0.101. The number of likely N-dealkylation sites (tertiary alicyclic amines) is 1. The van der Waals surface area contributed by atoms with Gasteiger partial charge in [-0.1, -0.05) is 6.07 Å². The van der Waals surface area contributed by atoms with E-state index >= 15 is 0 Å². The molecule has 1 aromatic heterocycles. The van der Waals surface area contributed by atoms with Gasteiger partial charge in [-0.15, -0.1) is 0 Å². The lowest BCUT2D eigenvalue weighted by atomic mass is 10.0. The predicted octanol–water partition coefficient (Wildman–Crippen LogP) is 2.39. The van der Waals surface area contributed by atoms with E-state index in [0.717, 1.165) is 43.3 Å². The van der Waals surface area contributed by atoms with Gasteiger partial charge in [0.25, 0.3) is 5.91 Å². The highest BCUT2D eigenvalue weighted by atomic mass is 19.2.